The molecule has 0 aliphatic carbocycles. The summed E-state index contributed by atoms with van der Waals surface area (Å²) in [4.78, 5) is 13.4. The van der Waals surface area contributed by atoms with Gasteiger partial charge in [-0.25, -0.2) is 0 Å². The predicted molar refractivity (Wildman–Crippen MR) is 96.9 cm³/mol. The fourth-order valence-electron chi connectivity index (χ4n) is 2.58. The SMILES string of the molecule is COc1cccc(CN(CCN)Cc2ccc(NC(C)=O)cc2)c1. The third-order valence-electron chi connectivity index (χ3n) is 3.67. The van der Waals surface area contributed by atoms with Gasteiger partial charge < -0.3 is 15.8 Å². The van der Waals surface area contributed by atoms with E-state index in [2.05, 4.69) is 16.3 Å². The van der Waals surface area contributed by atoms with Gasteiger partial charge >= 0.3 is 0 Å². The number of nitrogens with one attached hydrogen (secondary N) is 1. The van der Waals surface area contributed by atoms with Crippen molar-refractivity contribution in [2.45, 2.75) is 20.0 Å². The summed E-state index contributed by atoms with van der Waals surface area (Å²) in [5.41, 5.74) is 8.94. The highest BCUT2D eigenvalue weighted by molar-refractivity contribution is 5.88. The first-order valence-electron chi connectivity index (χ1n) is 8.02. The Morgan fingerprint density at radius 1 is 1.12 bits per heavy atom. The number of hydrogen-bond acceptors (Lipinski definition) is 4. The number of nitrogens with two attached hydrogens (primary N) is 1. The Labute approximate surface area is 143 Å². The number of amides is 1. The van der Waals surface area contributed by atoms with Gasteiger partial charge in [0, 0.05) is 38.8 Å². The number of anilines is 1. The van der Waals surface area contributed by atoms with Crippen LogP contribution >= 0.6 is 0 Å². The molecule has 0 spiro atoms. The third kappa shape index (κ3) is 5.68. The molecule has 0 saturated carbocycles. The lowest BCUT2D eigenvalue weighted by atomic mass is 10.1. The summed E-state index contributed by atoms with van der Waals surface area (Å²) in [5.74, 6) is 0.797. The van der Waals surface area contributed by atoms with E-state index in [1.807, 2.05) is 42.5 Å². The van der Waals surface area contributed by atoms with Crippen LogP contribution in [0, 0.1) is 0 Å². The quantitative estimate of drug-likeness (QED) is 0.782. The van der Waals surface area contributed by atoms with Crippen molar-refractivity contribution in [1.82, 2.24) is 4.90 Å². The van der Waals surface area contributed by atoms with Crippen LogP contribution < -0.4 is 15.8 Å². The van der Waals surface area contributed by atoms with E-state index in [0.717, 1.165) is 31.1 Å². The lowest BCUT2D eigenvalue weighted by Gasteiger charge is -2.22. The Morgan fingerprint density at radius 3 is 2.46 bits per heavy atom. The maximum Gasteiger partial charge on any atom is 0.221 e. The van der Waals surface area contributed by atoms with Crippen LogP contribution in [0.1, 0.15) is 18.1 Å². The van der Waals surface area contributed by atoms with Crippen molar-refractivity contribution in [3.05, 3.63) is 59.7 Å². The summed E-state index contributed by atoms with van der Waals surface area (Å²) in [6.45, 7) is 4.53. The Kier molecular flexibility index (Phi) is 6.78. The van der Waals surface area contributed by atoms with Crippen LogP contribution in [0.2, 0.25) is 0 Å². The number of ether oxygens (including phenoxy) is 1. The minimum absolute atomic E-state index is 0.0643. The average molecular weight is 327 g/mol. The molecule has 2 rings (SSSR count). The van der Waals surface area contributed by atoms with Gasteiger partial charge in [0.2, 0.25) is 5.91 Å². The lowest BCUT2D eigenvalue weighted by Crippen LogP contribution is -2.28. The Bertz CT molecular complexity index is 656. The maximum atomic E-state index is 11.1. The van der Waals surface area contributed by atoms with Gasteiger partial charge in [0.1, 0.15) is 5.75 Å². The van der Waals surface area contributed by atoms with Crippen LogP contribution in [0.3, 0.4) is 0 Å². The van der Waals surface area contributed by atoms with Crippen LogP contribution in [-0.2, 0) is 17.9 Å². The molecule has 2 aromatic rings. The van der Waals surface area contributed by atoms with E-state index in [4.69, 9.17) is 10.5 Å². The molecule has 0 radical (unpaired) electrons. The molecule has 5 heteroatoms. The molecule has 0 atom stereocenters. The van der Waals surface area contributed by atoms with Gasteiger partial charge in [-0.3, -0.25) is 9.69 Å². The van der Waals surface area contributed by atoms with Crippen molar-refractivity contribution in [2.75, 3.05) is 25.5 Å². The van der Waals surface area contributed by atoms with Gasteiger partial charge in [-0.2, -0.15) is 0 Å². The molecule has 0 aliphatic heterocycles. The largest absolute Gasteiger partial charge is 0.497 e. The summed E-state index contributed by atoms with van der Waals surface area (Å²) in [6, 6.07) is 16.0. The molecule has 0 saturated heterocycles. The molecule has 0 aliphatic rings. The highest BCUT2D eigenvalue weighted by Gasteiger charge is 2.07. The molecule has 1 amide bonds. The molecular weight excluding hydrogens is 302 g/mol. The second-order valence-corrected chi connectivity index (χ2v) is 5.73. The van der Waals surface area contributed by atoms with Crippen molar-refractivity contribution in [3.63, 3.8) is 0 Å². The summed E-state index contributed by atoms with van der Waals surface area (Å²) in [5, 5.41) is 2.78. The molecule has 128 valence electrons. The van der Waals surface area contributed by atoms with Gasteiger partial charge in [-0.15, -0.1) is 0 Å². The molecule has 24 heavy (non-hydrogen) atoms. The minimum Gasteiger partial charge on any atom is -0.497 e. The number of benzene rings is 2. The first-order valence-corrected chi connectivity index (χ1v) is 8.02. The Hall–Kier alpha value is -2.37. The summed E-state index contributed by atoms with van der Waals surface area (Å²) < 4.78 is 5.28. The first-order chi connectivity index (χ1) is 11.6. The second-order valence-electron chi connectivity index (χ2n) is 5.73. The number of rotatable bonds is 8. The lowest BCUT2D eigenvalue weighted by molar-refractivity contribution is -0.114. The summed E-state index contributed by atoms with van der Waals surface area (Å²) >= 11 is 0. The van der Waals surface area contributed by atoms with Gasteiger partial charge in [0.05, 0.1) is 7.11 Å². The molecule has 0 bridgehead atoms. The topological polar surface area (TPSA) is 67.6 Å². The van der Waals surface area contributed by atoms with E-state index in [1.54, 1.807) is 7.11 Å². The van der Waals surface area contributed by atoms with Crippen molar-refractivity contribution in [3.8, 4) is 5.75 Å². The van der Waals surface area contributed by atoms with E-state index in [9.17, 15) is 4.79 Å². The predicted octanol–water partition coefficient (Wildman–Crippen LogP) is 2.61. The highest BCUT2D eigenvalue weighted by atomic mass is 16.5. The third-order valence-corrected chi connectivity index (χ3v) is 3.67. The summed E-state index contributed by atoms with van der Waals surface area (Å²) in [6.07, 6.45) is 0. The molecule has 2 aromatic carbocycles. The fourth-order valence-corrected chi connectivity index (χ4v) is 2.58. The molecule has 5 nitrogen and oxygen atoms in total. The number of methoxy groups -OCH3 is 1. The van der Waals surface area contributed by atoms with Gasteiger partial charge in [-0.05, 0) is 35.4 Å². The Morgan fingerprint density at radius 2 is 1.83 bits per heavy atom. The van der Waals surface area contributed by atoms with E-state index in [-0.39, 0.29) is 5.91 Å². The standard InChI is InChI=1S/C19H25N3O2/c1-15(23)21-18-8-6-16(7-9-18)13-22(11-10-20)14-17-4-3-5-19(12-17)24-2/h3-9,12H,10-11,13-14,20H2,1-2H3,(H,21,23). The van der Waals surface area contributed by atoms with Crippen LogP contribution in [0.15, 0.2) is 48.5 Å². The summed E-state index contributed by atoms with van der Waals surface area (Å²) in [7, 11) is 1.67. The van der Waals surface area contributed by atoms with Crippen LogP contribution in [0.25, 0.3) is 0 Å². The normalized spacial score (nSPS) is 10.7. The van der Waals surface area contributed by atoms with Crippen LogP contribution in [0.4, 0.5) is 5.69 Å². The van der Waals surface area contributed by atoms with E-state index in [1.165, 1.54) is 18.1 Å². The first kappa shape index (κ1) is 18.0. The van der Waals surface area contributed by atoms with Crippen molar-refractivity contribution < 1.29 is 9.53 Å². The zero-order valence-electron chi connectivity index (χ0n) is 14.3. The van der Waals surface area contributed by atoms with Crippen molar-refractivity contribution >= 4 is 11.6 Å². The van der Waals surface area contributed by atoms with Gasteiger partial charge in [-0.1, -0.05) is 24.3 Å². The number of carbonyl (C=O) groups excluding carboxylic acids is 1. The fraction of sp³-hybridized carbons (Fsp3) is 0.316. The minimum atomic E-state index is -0.0643. The van der Waals surface area contributed by atoms with Crippen LogP contribution in [0.5, 0.6) is 5.75 Å². The highest BCUT2D eigenvalue weighted by Crippen LogP contribution is 2.16. The maximum absolute atomic E-state index is 11.1. The molecule has 0 heterocycles. The van der Waals surface area contributed by atoms with Crippen molar-refractivity contribution in [2.24, 2.45) is 5.73 Å². The number of nitrogens with zero attached hydrogens (tertiary/aromatic N) is 1. The number of carbonyl (C=O) groups is 1. The molecule has 0 unspecified atom stereocenters. The van der Waals surface area contributed by atoms with E-state index < -0.39 is 0 Å². The van der Waals surface area contributed by atoms with Gasteiger partial charge in [0.25, 0.3) is 0 Å². The zero-order valence-corrected chi connectivity index (χ0v) is 14.3. The van der Waals surface area contributed by atoms with Gasteiger partial charge in [0.15, 0.2) is 0 Å². The molecule has 3 N–H and O–H groups in total. The molecule has 0 fully saturated rings. The second kappa shape index (κ2) is 9.05. The van der Waals surface area contributed by atoms with Crippen molar-refractivity contribution in [1.29, 1.82) is 0 Å². The monoisotopic (exact) mass is 327 g/mol. The smallest absolute Gasteiger partial charge is 0.221 e. The zero-order chi connectivity index (χ0) is 17.4. The Balaban J connectivity index is 2.03. The van der Waals surface area contributed by atoms with E-state index >= 15 is 0 Å². The van der Waals surface area contributed by atoms with Crippen LogP contribution in [-0.4, -0.2) is 31.0 Å². The average Bonchev–Trinajstić information content (AvgIpc) is 2.56. The molecule has 0 aromatic heterocycles. The van der Waals surface area contributed by atoms with E-state index in [0.29, 0.717) is 6.54 Å². The molecular formula is C19H25N3O2. The number of hydrogen-bond donors (Lipinski definition) is 2.